The summed E-state index contributed by atoms with van der Waals surface area (Å²) < 4.78 is 5.22. The quantitative estimate of drug-likeness (QED) is 0.847. The molecule has 1 saturated heterocycles. The molecule has 3 heteroatoms. The summed E-state index contributed by atoms with van der Waals surface area (Å²) in [6.45, 7) is 2.84. The molecule has 1 saturated carbocycles. The van der Waals surface area contributed by atoms with Crippen molar-refractivity contribution in [2.24, 2.45) is 0 Å². The Morgan fingerprint density at radius 3 is 2.75 bits per heavy atom. The van der Waals surface area contributed by atoms with Gasteiger partial charge >= 0.3 is 0 Å². The van der Waals surface area contributed by atoms with Crippen LogP contribution in [0.2, 0.25) is 0 Å². The highest BCUT2D eigenvalue weighted by Gasteiger charge is 2.22. The molecule has 1 aromatic carbocycles. The van der Waals surface area contributed by atoms with E-state index in [2.05, 4.69) is 29.6 Å². The molecule has 0 atom stereocenters. The van der Waals surface area contributed by atoms with Gasteiger partial charge in [-0.2, -0.15) is 0 Å². The zero-order chi connectivity index (χ0) is 10.8. The molecule has 2 fully saturated rings. The van der Waals surface area contributed by atoms with Gasteiger partial charge in [-0.25, -0.2) is 0 Å². The van der Waals surface area contributed by atoms with Gasteiger partial charge in [0.25, 0.3) is 0 Å². The third-order valence-corrected chi connectivity index (χ3v) is 4.29. The van der Waals surface area contributed by atoms with E-state index in [0.717, 1.165) is 25.8 Å². The fraction of sp³-hybridized carbons (Fsp3) is 0.538. The highest BCUT2D eigenvalue weighted by molar-refractivity contribution is 8.00. The predicted octanol–water partition coefficient (Wildman–Crippen LogP) is 2.43. The molecule has 0 radical (unpaired) electrons. The molecule has 1 aromatic rings. The molecule has 0 spiro atoms. The van der Waals surface area contributed by atoms with Gasteiger partial charge in [-0.05, 0) is 24.5 Å². The van der Waals surface area contributed by atoms with Crippen molar-refractivity contribution in [1.29, 1.82) is 0 Å². The molecule has 0 aromatic heterocycles. The van der Waals surface area contributed by atoms with Gasteiger partial charge in [-0.1, -0.05) is 18.2 Å². The van der Waals surface area contributed by atoms with Crippen molar-refractivity contribution in [3.63, 3.8) is 0 Å². The third-order valence-electron chi connectivity index (χ3n) is 3.03. The largest absolute Gasteiger partial charge is 0.379 e. The summed E-state index contributed by atoms with van der Waals surface area (Å²) in [6, 6.07) is 9.50. The summed E-state index contributed by atoms with van der Waals surface area (Å²) >= 11 is 1.96. The highest BCUT2D eigenvalue weighted by atomic mass is 32.2. The monoisotopic (exact) mass is 235 g/mol. The Morgan fingerprint density at radius 2 is 2.06 bits per heavy atom. The van der Waals surface area contributed by atoms with Gasteiger partial charge in [-0.15, -0.1) is 11.8 Å². The number of hydrogen-bond acceptors (Lipinski definition) is 3. The Kier molecular flexibility index (Phi) is 3.18. The van der Waals surface area contributed by atoms with Gasteiger partial charge in [0.05, 0.1) is 18.5 Å². The second-order valence-corrected chi connectivity index (χ2v) is 5.88. The maximum atomic E-state index is 5.22. The first-order valence-electron chi connectivity index (χ1n) is 5.97. The van der Waals surface area contributed by atoms with Crippen LogP contribution in [0.15, 0.2) is 29.2 Å². The Hall–Kier alpha value is -0.510. The van der Waals surface area contributed by atoms with Crippen LogP contribution >= 0.6 is 11.8 Å². The molecular weight excluding hydrogens is 218 g/mol. The van der Waals surface area contributed by atoms with Crippen LogP contribution in [-0.4, -0.2) is 24.5 Å². The van der Waals surface area contributed by atoms with Gasteiger partial charge in [0.2, 0.25) is 0 Å². The van der Waals surface area contributed by atoms with Crippen molar-refractivity contribution in [2.75, 3.05) is 13.2 Å². The Labute approximate surface area is 101 Å². The van der Waals surface area contributed by atoms with Crippen LogP contribution in [0.3, 0.4) is 0 Å². The lowest BCUT2D eigenvalue weighted by Crippen LogP contribution is -2.30. The van der Waals surface area contributed by atoms with Gasteiger partial charge in [-0.3, -0.25) is 0 Å². The molecule has 0 amide bonds. The molecular formula is C13H17NOS. The molecule has 86 valence electrons. The zero-order valence-corrected chi connectivity index (χ0v) is 10.1. The molecule has 2 aliphatic rings. The summed E-state index contributed by atoms with van der Waals surface area (Å²) in [7, 11) is 0. The summed E-state index contributed by atoms with van der Waals surface area (Å²) in [5.41, 5.74) is 1.44. The van der Waals surface area contributed by atoms with E-state index in [-0.39, 0.29) is 0 Å². The first-order chi connectivity index (χ1) is 7.92. The SMILES string of the molecule is c1ccc(SC2COC2)c(CNC2CC2)c1. The minimum Gasteiger partial charge on any atom is -0.379 e. The number of nitrogens with one attached hydrogen (secondary N) is 1. The average molecular weight is 235 g/mol. The minimum atomic E-state index is 0.669. The number of ether oxygens (including phenoxy) is 1. The average Bonchev–Trinajstić information content (AvgIpc) is 3.05. The molecule has 3 rings (SSSR count). The lowest BCUT2D eigenvalue weighted by molar-refractivity contribution is 0.0455. The standard InChI is InChI=1S/C13H17NOS/c1-2-4-13(16-12-8-15-9-12)10(3-1)7-14-11-5-6-11/h1-4,11-12,14H,5-9H2. The number of hydrogen-bond donors (Lipinski definition) is 1. The van der Waals surface area contributed by atoms with Gasteiger partial charge in [0, 0.05) is 17.5 Å². The van der Waals surface area contributed by atoms with E-state index in [1.54, 1.807) is 0 Å². The van der Waals surface area contributed by atoms with Crippen LogP contribution in [0, 0.1) is 0 Å². The highest BCUT2D eigenvalue weighted by Crippen LogP contribution is 2.31. The normalized spacial score (nSPS) is 20.8. The first-order valence-corrected chi connectivity index (χ1v) is 6.85. The molecule has 0 unspecified atom stereocenters. The van der Waals surface area contributed by atoms with Gasteiger partial charge in [0.15, 0.2) is 0 Å². The smallest absolute Gasteiger partial charge is 0.0611 e. The van der Waals surface area contributed by atoms with E-state index >= 15 is 0 Å². The fourth-order valence-corrected chi connectivity index (χ4v) is 2.90. The van der Waals surface area contributed by atoms with Crippen LogP contribution in [0.25, 0.3) is 0 Å². The third kappa shape index (κ3) is 2.59. The minimum absolute atomic E-state index is 0.669. The van der Waals surface area contributed by atoms with Crippen LogP contribution in [0.4, 0.5) is 0 Å². The second kappa shape index (κ2) is 4.78. The molecule has 1 N–H and O–H groups in total. The first kappa shape index (κ1) is 10.6. The number of benzene rings is 1. The Morgan fingerprint density at radius 1 is 1.25 bits per heavy atom. The summed E-state index contributed by atoms with van der Waals surface area (Å²) in [4.78, 5) is 1.42. The predicted molar refractivity (Wildman–Crippen MR) is 66.8 cm³/mol. The molecule has 16 heavy (non-hydrogen) atoms. The Balaban J connectivity index is 1.63. The zero-order valence-electron chi connectivity index (χ0n) is 9.32. The van der Waals surface area contributed by atoms with Crippen molar-refractivity contribution >= 4 is 11.8 Å². The van der Waals surface area contributed by atoms with E-state index in [9.17, 15) is 0 Å². The second-order valence-electron chi connectivity index (χ2n) is 4.54. The summed E-state index contributed by atoms with van der Waals surface area (Å²) in [5.74, 6) is 0. The van der Waals surface area contributed by atoms with E-state index in [0.29, 0.717) is 5.25 Å². The topological polar surface area (TPSA) is 21.3 Å². The summed E-state index contributed by atoms with van der Waals surface area (Å²) in [5, 5.41) is 4.25. The van der Waals surface area contributed by atoms with E-state index in [4.69, 9.17) is 4.74 Å². The van der Waals surface area contributed by atoms with Crippen LogP contribution in [-0.2, 0) is 11.3 Å². The number of thioether (sulfide) groups is 1. The molecule has 1 aliphatic carbocycles. The lowest BCUT2D eigenvalue weighted by Gasteiger charge is -2.26. The van der Waals surface area contributed by atoms with Crippen molar-refractivity contribution in [2.45, 2.75) is 35.6 Å². The van der Waals surface area contributed by atoms with Crippen LogP contribution in [0.5, 0.6) is 0 Å². The molecule has 1 heterocycles. The van der Waals surface area contributed by atoms with Crippen molar-refractivity contribution in [3.05, 3.63) is 29.8 Å². The van der Waals surface area contributed by atoms with Crippen molar-refractivity contribution in [1.82, 2.24) is 5.32 Å². The van der Waals surface area contributed by atoms with Crippen molar-refractivity contribution in [3.8, 4) is 0 Å². The molecule has 0 bridgehead atoms. The molecule has 1 aliphatic heterocycles. The van der Waals surface area contributed by atoms with Crippen molar-refractivity contribution < 1.29 is 4.74 Å². The Bertz CT molecular complexity index is 361. The van der Waals surface area contributed by atoms with E-state index in [1.807, 2.05) is 11.8 Å². The van der Waals surface area contributed by atoms with E-state index < -0.39 is 0 Å². The van der Waals surface area contributed by atoms with Gasteiger partial charge < -0.3 is 10.1 Å². The lowest BCUT2D eigenvalue weighted by atomic mass is 10.2. The fourth-order valence-electron chi connectivity index (χ4n) is 1.77. The maximum absolute atomic E-state index is 5.22. The number of rotatable bonds is 5. The maximum Gasteiger partial charge on any atom is 0.0611 e. The van der Waals surface area contributed by atoms with E-state index in [1.165, 1.54) is 23.3 Å². The van der Waals surface area contributed by atoms with Crippen LogP contribution in [0.1, 0.15) is 18.4 Å². The summed E-state index contributed by atoms with van der Waals surface area (Å²) in [6.07, 6.45) is 2.71. The van der Waals surface area contributed by atoms with Gasteiger partial charge in [0.1, 0.15) is 0 Å². The van der Waals surface area contributed by atoms with Crippen LogP contribution < -0.4 is 5.32 Å². The molecule has 2 nitrogen and oxygen atoms in total.